The van der Waals surface area contributed by atoms with Gasteiger partial charge < -0.3 is 15.3 Å². The molecule has 0 saturated carbocycles. The Morgan fingerprint density at radius 1 is 0.929 bits per heavy atom. The lowest BCUT2D eigenvalue weighted by molar-refractivity contribution is 0.102. The van der Waals surface area contributed by atoms with Gasteiger partial charge in [-0.25, -0.2) is 0 Å². The second kappa shape index (κ2) is 6.27. The number of nitrogens with zero attached hydrogens (tertiary/aromatic N) is 1. The molecule has 0 aromatic heterocycles. The van der Waals surface area contributed by atoms with Crippen molar-refractivity contribution in [2.45, 2.75) is 18.5 Å². The first-order valence-electron chi connectivity index (χ1n) is 9.44. The quantitative estimate of drug-likeness (QED) is 0.636. The molecule has 0 spiro atoms. The highest BCUT2D eigenvalue weighted by molar-refractivity contribution is 6.11. The molecule has 2 N–H and O–H groups in total. The summed E-state index contributed by atoms with van der Waals surface area (Å²) in [5.41, 5.74) is 3.91. The molecule has 0 fully saturated rings. The van der Waals surface area contributed by atoms with Gasteiger partial charge in [-0.1, -0.05) is 54.6 Å². The van der Waals surface area contributed by atoms with Crippen molar-refractivity contribution >= 4 is 17.2 Å². The number of carbonyl (C=O) groups excluding carboxylic acids is 1. The number of allylic oxidation sites excluding steroid dienone is 1. The molecule has 5 rings (SSSR count). The van der Waals surface area contributed by atoms with E-state index in [2.05, 4.69) is 34.5 Å². The summed E-state index contributed by atoms with van der Waals surface area (Å²) >= 11 is 0. The summed E-state index contributed by atoms with van der Waals surface area (Å²) in [6.07, 6.45) is 3.32. The van der Waals surface area contributed by atoms with Gasteiger partial charge in [-0.3, -0.25) is 4.79 Å². The van der Waals surface area contributed by atoms with E-state index in [0.717, 1.165) is 23.4 Å². The van der Waals surface area contributed by atoms with E-state index >= 15 is 0 Å². The third-order valence-electron chi connectivity index (χ3n) is 5.65. The Labute approximate surface area is 163 Å². The molecule has 4 heteroatoms. The number of nitrogens with one attached hydrogen (secondary N) is 1. The lowest BCUT2D eigenvalue weighted by Crippen LogP contribution is -2.48. The lowest BCUT2D eigenvalue weighted by Gasteiger charge is -2.42. The molecule has 0 bridgehead atoms. The number of para-hydroxylation sites is 3. The lowest BCUT2D eigenvalue weighted by atomic mass is 9.86. The van der Waals surface area contributed by atoms with Gasteiger partial charge in [-0.2, -0.15) is 0 Å². The standard InChI is InChI=1S/C24H20N2O2/c27-22-13-7-4-10-19(22)23(28)17-14-15-24(18-8-2-1-3-9-18)25-20-11-5-6-12-21(20)26(24)16-17/h1-13,16,25,27H,14-15H2. The van der Waals surface area contributed by atoms with Crippen LogP contribution in [-0.4, -0.2) is 10.9 Å². The zero-order chi connectivity index (χ0) is 19.1. The van der Waals surface area contributed by atoms with Gasteiger partial charge in [0.2, 0.25) is 0 Å². The van der Waals surface area contributed by atoms with Crippen LogP contribution in [0.3, 0.4) is 0 Å². The molecule has 3 aromatic carbocycles. The Kier molecular flexibility index (Phi) is 3.72. The predicted octanol–water partition coefficient (Wildman–Crippen LogP) is 5.04. The molecule has 1 unspecified atom stereocenters. The van der Waals surface area contributed by atoms with Crippen LogP contribution in [0.15, 0.2) is 90.6 Å². The van der Waals surface area contributed by atoms with Gasteiger partial charge in [-0.05, 0) is 42.7 Å². The monoisotopic (exact) mass is 368 g/mol. The topological polar surface area (TPSA) is 52.6 Å². The van der Waals surface area contributed by atoms with Gasteiger partial charge in [0, 0.05) is 11.8 Å². The highest BCUT2D eigenvalue weighted by Crippen LogP contribution is 2.50. The zero-order valence-corrected chi connectivity index (χ0v) is 15.3. The molecule has 2 aliphatic rings. The maximum absolute atomic E-state index is 13.1. The van der Waals surface area contributed by atoms with Gasteiger partial charge in [0.1, 0.15) is 11.4 Å². The fourth-order valence-corrected chi connectivity index (χ4v) is 4.26. The number of anilines is 2. The molecule has 0 saturated heterocycles. The number of phenols is 1. The van der Waals surface area contributed by atoms with Crippen LogP contribution >= 0.6 is 0 Å². The number of rotatable bonds is 3. The van der Waals surface area contributed by atoms with E-state index in [1.54, 1.807) is 24.3 Å². The number of benzene rings is 3. The number of phenolic OH excluding ortho intramolecular Hbond substituents is 1. The highest BCUT2D eigenvalue weighted by atomic mass is 16.3. The van der Waals surface area contributed by atoms with E-state index in [0.29, 0.717) is 17.6 Å². The average molecular weight is 368 g/mol. The van der Waals surface area contributed by atoms with Crippen molar-refractivity contribution in [2.24, 2.45) is 0 Å². The normalized spacial score (nSPS) is 20.0. The molecule has 138 valence electrons. The largest absolute Gasteiger partial charge is 0.507 e. The van der Waals surface area contributed by atoms with E-state index in [-0.39, 0.29) is 11.5 Å². The Balaban J connectivity index is 1.62. The van der Waals surface area contributed by atoms with Crippen LogP contribution in [0.5, 0.6) is 5.75 Å². The number of aromatic hydroxyl groups is 1. The Morgan fingerprint density at radius 2 is 1.64 bits per heavy atom. The SMILES string of the molecule is O=C(C1=CN2c3ccccc3NC2(c2ccccc2)CC1)c1ccccc1O. The summed E-state index contributed by atoms with van der Waals surface area (Å²) in [6.45, 7) is 0. The fourth-order valence-electron chi connectivity index (χ4n) is 4.26. The van der Waals surface area contributed by atoms with Crippen LogP contribution in [0.4, 0.5) is 11.4 Å². The minimum Gasteiger partial charge on any atom is -0.507 e. The second-order valence-corrected chi connectivity index (χ2v) is 7.24. The molecule has 2 aliphatic heterocycles. The minimum atomic E-state index is -0.409. The van der Waals surface area contributed by atoms with Crippen LogP contribution in [0.25, 0.3) is 0 Å². The summed E-state index contributed by atoms with van der Waals surface area (Å²) in [5, 5.41) is 13.8. The molecule has 1 atom stereocenters. The van der Waals surface area contributed by atoms with Crippen LogP contribution < -0.4 is 10.2 Å². The van der Waals surface area contributed by atoms with Crippen LogP contribution in [0, 0.1) is 0 Å². The highest BCUT2D eigenvalue weighted by Gasteiger charge is 2.46. The number of fused-ring (bicyclic) bond motifs is 3. The maximum atomic E-state index is 13.1. The van der Waals surface area contributed by atoms with Gasteiger partial charge in [-0.15, -0.1) is 0 Å². The smallest absolute Gasteiger partial charge is 0.194 e. The van der Waals surface area contributed by atoms with Crippen molar-refractivity contribution in [1.82, 2.24) is 0 Å². The van der Waals surface area contributed by atoms with Crippen LogP contribution in [0.1, 0.15) is 28.8 Å². The van der Waals surface area contributed by atoms with Gasteiger partial charge >= 0.3 is 0 Å². The molecule has 4 nitrogen and oxygen atoms in total. The number of carbonyl (C=O) groups is 1. The molecule has 2 heterocycles. The van der Waals surface area contributed by atoms with Gasteiger partial charge in [0.05, 0.1) is 16.9 Å². The number of hydrogen-bond donors (Lipinski definition) is 2. The van der Waals surface area contributed by atoms with E-state index in [1.165, 1.54) is 0 Å². The Morgan fingerprint density at radius 3 is 2.46 bits per heavy atom. The second-order valence-electron chi connectivity index (χ2n) is 7.24. The summed E-state index contributed by atoms with van der Waals surface area (Å²) < 4.78 is 0. The third-order valence-corrected chi connectivity index (χ3v) is 5.65. The van der Waals surface area contributed by atoms with Crippen molar-refractivity contribution in [1.29, 1.82) is 0 Å². The molecule has 28 heavy (non-hydrogen) atoms. The molecule has 0 aliphatic carbocycles. The molecule has 3 aromatic rings. The number of ketones is 1. The van der Waals surface area contributed by atoms with Crippen LogP contribution in [0.2, 0.25) is 0 Å². The summed E-state index contributed by atoms with van der Waals surface area (Å²) in [6, 6.07) is 25.2. The van der Waals surface area contributed by atoms with E-state index in [9.17, 15) is 9.90 Å². The molecular formula is C24H20N2O2. The van der Waals surface area contributed by atoms with Gasteiger partial charge in [0.25, 0.3) is 0 Å². The fraction of sp³-hybridized carbons (Fsp3) is 0.125. The third kappa shape index (κ3) is 2.42. The van der Waals surface area contributed by atoms with Crippen molar-refractivity contribution in [2.75, 3.05) is 10.2 Å². The predicted molar refractivity (Wildman–Crippen MR) is 110 cm³/mol. The summed E-state index contributed by atoms with van der Waals surface area (Å²) in [7, 11) is 0. The molecule has 0 radical (unpaired) electrons. The van der Waals surface area contributed by atoms with E-state index in [4.69, 9.17) is 0 Å². The number of Topliss-reactive ketones (excluding diaryl/α,β-unsaturated/α-hetero) is 1. The Hall–Kier alpha value is -3.53. The first-order chi connectivity index (χ1) is 13.7. The van der Waals surface area contributed by atoms with Crippen molar-refractivity contribution in [3.05, 3.63) is 102 Å². The first kappa shape index (κ1) is 16.6. The molecular weight excluding hydrogens is 348 g/mol. The Bertz CT molecular complexity index is 1090. The van der Waals surface area contributed by atoms with Crippen molar-refractivity contribution < 1.29 is 9.90 Å². The van der Waals surface area contributed by atoms with Crippen LogP contribution in [-0.2, 0) is 5.66 Å². The summed E-state index contributed by atoms with van der Waals surface area (Å²) in [5.74, 6) is -0.0996. The van der Waals surface area contributed by atoms with Gasteiger partial charge in [0.15, 0.2) is 5.78 Å². The van der Waals surface area contributed by atoms with Crippen molar-refractivity contribution in [3.63, 3.8) is 0 Å². The molecule has 0 amide bonds. The first-order valence-corrected chi connectivity index (χ1v) is 9.44. The number of hydrogen-bond acceptors (Lipinski definition) is 4. The average Bonchev–Trinajstić information content (AvgIpc) is 3.09. The minimum absolute atomic E-state index is 0.0215. The maximum Gasteiger partial charge on any atom is 0.194 e. The summed E-state index contributed by atoms with van der Waals surface area (Å²) in [4.78, 5) is 15.3. The zero-order valence-electron chi connectivity index (χ0n) is 15.3. The van der Waals surface area contributed by atoms with E-state index in [1.807, 2.05) is 36.5 Å². The van der Waals surface area contributed by atoms with E-state index < -0.39 is 5.66 Å². The van der Waals surface area contributed by atoms with Crippen molar-refractivity contribution in [3.8, 4) is 5.75 Å².